The Morgan fingerprint density at radius 1 is 1.40 bits per heavy atom. The number of fused-ring (bicyclic) bond motifs is 1. The van der Waals surface area contributed by atoms with Gasteiger partial charge in [0.15, 0.2) is 0 Å². The summed E-state index contributed by atoms with van der Waals surface area (Å²) in [6, 6.07) is 7.07. The van der Waals surface area contributed by atoms with Gasteiger partial charge >= 0.3 is 0 Å². The summed E-state index contributed by atoms with van der Waals surface area (Å²) in [5, 5.41) is -0.0442. The minimum Gasteiger partial charge on any atom is -0.324 e. The first-order valence-corrected chi connectivity index (χ1v) is 8.89. The van der Waals surface area contributed by atoms with Gasteiger partial charge in [-0.1, -0.05) is 19.8 Å². The van der Waals surface area contributed by atoms with Gasteiger partial charge in [0, 0.05) is 9.61 Å². The number of benzene rings is 1. The number of alkyl halides is 1. The maximum absolute atomic E-state index is 6.39. The summed E-state index contributed by atoms with van der Waals surface area (Å²) >= 11 is 8.73. The van der Waals surface area contributed by atoms with Gasteiger partial charge in [0.05, 0.1) is 16.4 Å². The van der Waals surface area contributed by atoms with E-state index in [2.05, 4.69) is 52.3 Å². The third-order valence-electron chi connectivity index (χ3n) is 4.31. The molecule has 0 amide bonds. The molecule has 0 N–H and O–H groups in total. The maximum Gasteiger partial charge on any atom is 0.127 e. The molecule has 4 heteroatoms. The highest BCUT2D eigenvalue weighted by Crippen LogP contribution is 2.37. The third-order valence-corrected chi connectivity index (χ3v) is 5.17. The lowest BCUT2D eigenvalue weighted by Crippen LogP contribution is -2.19. The van der Waals surface area contributed by atoms with Gasteiger partial charge in [0.2, 0.25) is 0 Å². The molecule has 1 fully saturated rings. The predicted molar refractivity (Wildman–Crippen MR) is 93.4 cm³/mol. The van der Waals surface area contributed by atoms with Crippen molar-refractivity contribution in [1.29, 1.82) is 0 Å². The number of hydrogen-bond acceptors (Lipinski definition) is 1. The molecule has 1 aliphatic rings. The maximum atomic E-state index is 6.39. The summed E-state index contributed by atoms with van der Waals surface area (Å²) in [7, 11) is 0. The Morgan fingerprint density at radius 2 is 2.20 bits per heavy atom. The first-order valence-electron chi connectivity index (χ1n) is 7.37. The first kappa shape index (κ1) is 14.6. The lowest BCUT2D eigenvalue weighted by Gasteiger charge is -2.30. The van der Waals surface area contributed by atoms with Crippen molar-refractivity contribution < 1.29 is 0 Å². The monoisotopic (exact) mass is 402 g/mol. The Labute approximate surface area is 139 Å². The summed E-state index contributed by atoms with van der Waals surface area (Å²) in [4.78, 5) is 4.80. The lowest BCUT2D eigenvalue weighted by molar-refractivity contribution is 0.282. The van der Waals surface area contributed by atoms with Gasteiger partial charge in [-0.2, -0.15) is 0 Å². The van der Waals surface area contributed by atoms with Crippen LogP contribution in [0.15, 0.2) is 18.2 Å². The van der Waals surface area contributed by atoms with Crippen LogP contribution < -0.4 is 0 Å². The Hall–Kier alpha value is -0.290. The Kier molecular flexibility index (Phi) is 4.27. The minimum absolute atomic E-state index is 0.0442. The van der Waals surface area contributed by atoms with Gasteiger partial charge in [-0.3, -0.25) is 0 Å². The Bertz CT molecular complexity index is 620. The van der Waals surface area contributed by atoms with Gasteiger partial charge in [-0.25, -0.2) is 4.98 Å². The second kappa shape index (κ2) is 5.84. The second-order valence-corrected chi connectivity index (χ2v) is 7.91. The lowest BCUT2D eigenvalue weighted by atomic mass is 9.87. The molecule has 1 saturated carbocycles. The molecule has 2 nitrogen and oxygen atoms in total. The van der Waals surface area contributed by atoms with E-state index in [0.29, 0.717) is 6.04 Å². The molecule has 0 radical (unpaired) electrons. The molecule has 0 bridgehead atoms. The van der Waals surface area contributed by atoms with Crippen LogP contribution in [-0.2, 0) is 0 Å². The fourth-order valence-corrected chi connectivity index (χ4v) is 4.02. The van der Waals surface area contributed by atoms with Crippen LogP contribution in [-0.4, -0.2) is 9.55 Å². The van der Waals surface area contributed by atoms with Crippen LogP contribution in [0.2, 0.25) is 0 Å². The van der Waals surface area contributed by atoms with Gasteiger partial charge in [0.1, 0.15) is 5.82 Å². The molecule has 3 rings (SSSR count). The number of hydrogen-bond donors (Lipinski definition) is 0. The molecule has 1 aliphatic carbocycles. The van der Waals surface area contributed by atoms with Crippen molar-refractivity contribution in [2.75, 3.05) is 0 Å². The van der Waals surface area contributed by atoms with Crippen molar-refractivity contribution in [3.8, 4) is 0 Å². The summed E-state index contributed by atoms with van der Waals surface area (Å²) in [5.41, 5.74) is 2.32. The first-order chi connectivity index (χ1) is 9.56. The van der Waals surface area contributed by atoms with E-state index in [9.17, 15) is 0 Å². The smallest absolute Gasteiger partial charge is 0.127 e. The van der Waals surface area contributed by atoms with E-state index in [0.717, 1.165) is 17.3 Å². The molecule has 3 unspecified atom stereocenters. The molecule has 0 saturated heterocycles. The van der Waals surface area contributed by atoms with Crippen molar-refractivity contribution >= 4 is 45.2 Å². The second-order valence-electron chi connectivity index (χ2n) is 6.01. The van der Waals surface area contributed by atoms with Crippen LogP contribution >= 0.6 is 34.2 Å². The van der Waals surface area contributed by atoms with Crippen molar-refractivity contribution in [2.45, 2.75) is 50.9 Å². The van der Waals surface area contributed by atoms with Crippen molar-refractivity contribution in [1.82, 2.24) is 9.55 Å². The number of rotatable bonds is 2. The molecule has 3 atom stereocenters. The number of nitrogens with zero attached hydrogens (tertiary/aromatic N) is 2. The molecular formula is C16H20ClIN2. The third kappa shape index (κ3) is 2.71. The molecule has 108 valence electrons. The van der Waals surface area contributed by atoms with E-state index in [4.69, 9.17) is 16.6 Å². The highest BCUT2D eigenvalue weighted by Gasteiger charge is 2.25. The summed E-state index contributed by atoms with van der Waals surface area (Å²) in [6.07, 6.45) is 5.16. The fraction of sp³-hybridized carbons (Fsp3) is 0.562. The Morgan fingerprint density at radius 3 is 2.90 bits per heavy atom. The summed E-state index contributed by atoms with van der Waals surface area (Å²) < 4.78 is 3.64. The molecule has 1 aromatic heterocycles. The van der Waals surface area contributed by atoms with Crippen LogP contribution in [0.5, 0.6) is 0 Å². The van der Waals surface area contributed by atoms with Gasteiger partial charge in [0.25, 0.3) is 0 Å². The van der Waals surface area contributed by atoms with E-state index in [-0.39, 0.29) is 5.38 Å². The van der Waals surface area contributed by atoms with Crippen LogP contribution in [0.25, 0.3) is 11.0 Å². The van der Waals surface area contributed by atoms with E-state index >= 15 is 0 Å². The van der Waals surface area contributed by atoms with E-state index in [1.807, 2.05) is 6.92 Å². The number of imidazole rings is 1. The molecule has 0 aliphatic heterocycles. The van der Waals surface area contributed by atoms with Crippen molar-refractivity contribution in [3.63, 3.8) is 0 Å². The quantitative estimate of drug-likeness (QED) is 0.466. The normalized spacial score (nSPS) is 25.0. The van der Waals surface area contributed by atoms with Crippen LogP contribution in [0.1, 0.15) is 56.8 Å². The van der Waals surface area contributed by atoms with Gasteiger partial charge in [-0.15, -0.1) is 11.6 Å². The topological polar surface area (TPSA) is 17.8 Å². The summed E-state index contributed by atoms with van der Waals surface area (Å²) in [6.45, 7) is 4.38. The SMILES string of the molecule is CC1CCCC(n2c(C(C)Cl)nc3cc(I)ccc32)C1. The zero-order chi connectivity index (χ0) is 14.3. The Balaban J connectivity index is 2.13. The zero-order valence-corrected chi connectivity index (χ0v) is 14.9. The highest BCUT2D eigenvalue weighted by atomic mass is 127. The van der Waals surface area contributed by atoms with Crippen LogP contribution in [0.4, 0.5) is 0 Å². The number of halogens is 2. The fourth-order valence-electron chi connectivity index (χ4n) is 3.39. The number of aromatic nitrogens is 2. The van der Waals surface area contributed by atoms with E-state index in [1.165, 1.54) is 34.8 Å². The molecule has 0 spiro atoms. The van der Waals surface area contributed by atoms with E-state index < -0.39 is 0 Å². The van der Waals surface area contributed by atoms with Crippen molar-refractivity contribution in [2.24, 2.45) is 5.92 Å². The molecule has 2 aromatic rings. The highest BCUT2D eigenvalue weighted by molar-refractivity contribution is 14.1. The molecule has 1 aromatic carbocycles. The standard InChI is InChI=1S/C16H20ClIN2/c1-10-4-3-5-13(8-10)20-15-7-6-12(18)9-14(15)19-16(20)11(2)17/h6-7,9-11,13H,3-5,8H2,1-2H3. The molecular weight excluding hydrogens is 383 g/mol. The van der Waals surface area contributed by atoms with Crippen molar-refractivity contribution in [3.05, 3.63) is 27.6 Å². The average Bonchev–Trinajstić information content (AvgIpc) is 2.77. The predicted octanol–water partition coefficient (Wildman–Crippen LogP) is 5.69. The molecule has 1 heterocycles. The van der Waals surface area contributed by atoms with Gasteiger partial charge < -0.3 is 4.57 Å². The van der Waals surface area contributed by atoms with Crippen LogP contribution in [0.3, 0.4) is 0 Å². The minimum atomic E-state index is -0.0442. The van der Waals surface area contributed by atoms with Crippen LogP contribution in [0, 0.1) is 9.49 Å². The zero-order valence-electron chi connectivity index (χ0n) is 11.9. The largest absolute Gasteiger partial charge is 0.324 e. The summed E-state index contributed by atoms with van der Waals surface area (Å²) in [5.74, 6) is 1.83. The molecule has 20 heavy (non-hydrogen) atoms. The van der Waals surface area contributed by atoms with E-state index in [1.54, 1.807) is 0 Å². The van der Waals surface area contributed by atoms with Gasteiger partial charge in [-0.05, 0) is 66.5 Å². The average molecular weight is 403 g/mol.